The SMILES string of the molecule is COC(=O)c1nnc(OC)cc1C(F)(F)F. The number of nitrogens with zero attached hydrogens (tertiary/aromatic N) is 2. The van der Waals surface area contributed by atoms with Gasteiger partial charge in [-0.1, -0.05) is 0 Å². The van der Waals surface area contributed by atoms with Crippen molar-refractivity contribution < 1.29 is 27.4 Å². The molecule has 8 heteroatoms. The molecule has 0 saturated heterocycles. The highest BCUT2D eigenvalue weighted by atomic mass is 19.4. The summed E-state index contributed by atoms with van der Waals surface area (Å²) in [4.78, 5) is 11.0. The summed E-state index contributed by atoms with van der Waals surface area (Å²) < 4.78 is 46.2. The second-order valence-corrected chi connectivity index (χ2v) is 2.64. The van der Waals surface area contributed by atoms with Crippen molar-refractivity contribution in [2.75, 3.05) is 14.2 Å². The summed E-state index contributed by atoms with van der Waals surface area (Å²) in [7, 11) is 2.09. The van der Waals surface area contributed by atoms with E-state index in [4.69, 9.17) is 0 Å². The van der Waals surface area contributed by atoms with Gasteiger partial charge < -0.3 is 9.47 Å². The minimum atomic E-state index is -4.73. The zero-order valence-electron chi connectivity index (χ0n) is 8.33. The molecule has 0 aromatic carbocycles. The molecule has 5 nitrogen and oxygen atoms in total. The second-order valence-electron chi connectivity index (χ2n) is 2.64. The maximum Gasteiger partial charge on any atom is 0.419 e. The molecule has 0 atom stereocenters. The number of alkyl halides is 3. The topological polar surface area (TPSA) is 61.3 Å². The molecule has 88 valence electrons. The van der Waals surface area contributed by atoms with Crippen LogP contribution in [0.5, 0.6) is 5.88 Å². The van der Waals surface area contributed by atoms with E-state index < -0.39 is 23.4 Å². The van der Waals surface area contributed by atoms with Crippen molar-refractivity contribution in [2.24, 2.45) is 0 Å². The lowest BCUT2D eigenvalue weighted by Crippen LogP contribution is -2.17. The fraction of sp³-hybridized carbons (Fsp3) is 0.375. The van der Waals surface area contributed by atoms with Crippen LogP contribution in [0.4, 0.5) is 13.2 Å². The molecule has 0 radical (unpaired) electrons. The van der Waals surface area contributed by atoms with Crippen molar-refractivity contribution in [3.8, 4) is 5.88 Å². The summed E-state index contributed by atoms with van der Waals surface area (Å²) in [6, 6.07) is 0.583. The standard InChI is InChI=1S/C8H7F3N2O3/c1-15-5-3-4(8(9,10)11)6(13-12-5)7(14)16-2/h3H,1-2H3. The van der Waals surface area contributed by atoms with E-state index in [1.165, 1.54) is 0 Å². The van der Waals surface area contributed by atoms with Gasteiger partial charge >= 0.3 is 12.1 Å². The average molecular weight is 236 g/mol. The molecule has 1 rings (SSSR count). The zero-order valence-corrected chi connectivity index (χ0v) is 8.33. The number of aromatic nitrogens is 2. The van der Waals surface area contributed by atoms with Gasteiger partial charge in [-0.25, -0.2) is 4.79 Å². The van der Waals surface area contributed by atoms with Gasteiger partial charge in [-0.05, 0) is 0 Å². The molecule has 16 heavy (non-hydrogen) atoms. The Hall–Kier alpha value is -1.86. The molecule has 1 aromatic heterocycles. The van der Waals surface area contributed by atoms with Crippen LogP contribution in [0.15, 0.2) is 6.07 Å². The predicted octanol–water partition coefficient (Wildman–Crippen LogP) is 1.29. The monoisotopic (exact) mass is 236 g/mol. The molecule has 0 aliphatic heterocycles. The molecule has 0 aliphatic rings. The number of hydrogen-bond donors (Lipinski definition) is 0. The molecule has 0 N–H and O–H groups in total. The lowest BCUT2D eigenvalue weighted by molar-refractivity contribution is -0.138. The lowest BCUT2D eigenvalue weighted by Gasteiger charge is -2.10. The van der Waals surface area contributed by atoms with Gasteiger partial charge in [-0.2, -0.15) is 13.2 Å². The summed E-state index contributed by atoms with van der Waals surface area (Å²) >= 11 is 0. The highest BCUT2D eigenvalue weighted by Gasteiger charge is 2.37. The molecule has 0 aliphatic carbocycles. The van der Waals surface area contributed by atoms with E-state index in [2.05, 4.69) is 19.7 Å². The summed E-state index contributed by atoms with van der Waals surface area (Å²) in [5.74, 6) is -1.54. The van der Waals surface area contributed by atoms with Gasteiger partial charge in [-0.15, -0.1) is 10.2 Å². The van der Waals surface area contributed by atoms with Crippen molar-refractivity contribution >= 4 is 5.97 Å². The van der Waals surface area contributed by atoms with Crippen LogP contribution in [0.3, 0.4) is 0 Å². The van der Waals surface area contributed by atoms with Gasteiger partial charge in [-0.3, -0.25) is 0 Å². The number of ether oxygens (including phenoxy) is 2. The first-order chi connectivity index (χ1) is 7.40. The summed E-state index contributed by atoms with van der Waals surface area (Å²) in [6.45, 7) is 0. The van der Waals surface area contributed by atoms with Gasteiger partial charge in [0.2, 0.25) is 5.88 Å². The van der Waals surface area contributed by atoms with Crippen LogP contribution in [-0.4, -0.2) is 30.4 Å². The van der Waals surface area contributed by atoms with E-state index in [-0.39, 0.29) is 5.88 Å². The molecule has 0 unspecified atom stereocenters. The van der Waals surface area contributed by atoms with Crippen molar-refractivity contribution in [1.29, 1.82) is 0 Å². The molecular weight excluding hydrogens is 229 g/mol. The van der Waals surface area contributed by atoms with Crippen LogP contribution in [-0.2, 0) is 10.9 Å². The minimum Gasteiger partial charge on any atom is -0.480 e. The number of hydrogen-bond acceptors (Lipinski definition) is 5. The maximum atomic E-state index is 12.5. The molecule has 0 fully saturated rings. The van der Waals surface area contributed by atoms with Crippen LogP contribution in [0, 0.1) is 0 Å². The third kappa shape index (κ3) is 2.38. The Kier molecular flexibility index (Phi) is 3.31. The Bertz CT molecular complexity index is 406. The van der Waals surface area contributed by atoms with Crippen LogP contribution in [0.1, 0.15) is 16.1 Å². The van der Waals surface area contributed by atoms with E-state index in [1.54, 1.807) is 0 Å². The Morgan fingerprint density at radius 1 is 1.31 bits per heavy atom. The van der Waals surface area contributed by atoms with Crippen molar-refractivity contribution in [1.82, 2.24) is 10.2 Å². The zero-order chi connectivity index (χ0) is 12.3. The van der Waals surface area contributed by atoms with E-state index in [0.29, 0.717) is 6.07 Å². The fourth-order valence-corrected chi connectivity index (χ4v) is 0.937. The Morgan fingerprint density at radius 3 is 2.38 bits per heavy atom. The normalized spacial score (nSPS) is 11.1. The molecular formula is C8H7F3N2O3. The second kappa shape index (κ2) is 4.33. The van der Waals surface area contributed by atoms with Crippen LogP contribution < -0.4 is 4.74 Å². The van der Waals surface area contributed by atoms with E-state index in [1.807, 2.05) is 0 Å². The van der Waals surface area contributed by atoms with Gasteiger partial charge in [0.15, 0.2) is 5.69 Å². The Labute approximate surface area is 88.2 Å². The third-order valence-corrected chi connectivity index (χ3v) is 1.66. The van der Waals surface area contributed by atoms with Gasteiger partial charge in [0.05, 0.1) is 19.8 Å². The largest absolute Gasteiger partial charge is 0.480 e. The summed E-state index contributed by atoms with van der Waals surface area (Å²) in [6.07, 6.45) is -4.73. The fourth-order valence-electron chi connectivity index (χ4n) is 0.937. The lowest BCUT2D eigenvalue weighted by atomic mass is 10.2. The van der Waals surface area contributed by atoms with Gasteiger partial charge in [0, 0.05) is 6.07 Å². The number of carbonyl (C=O) groups is 1. The highest BCUT2D eigenvalue weighted by Crippen LogP contribution is 2.32. The average Bonchev–Trinajstić information content (AvgIpc) is 2.26. The molecule has 0 bridgehead atoms. The van der Waals surface area contributed by atoms with E-state index in [9.17, 15) is 18.0 Å². The van der Waals surface area contributed by atoms with Crippen molar-refractivity contribution in [3.05, 3.63) is 17.3 Å². The van der Waals surface area contributed by atoms with Crippen molar-refractivity contribution in [2.45, 2.75) is 6.18 Å². The maximum absolute atomic E-state index is 12.5. The molecule has 0 saturated carbocycles. The summed E-state index contributed by atoms with van der Waals surface area (Å²) in [5.41, 5.74) is -2.14. The smallest absolute Gasteiger partial charge is 0.419 e. The minimum absolute atomic E-state index is 0.333. The first-order valence-corrected chi connectivity index (χ1v) is 3.97. The number of esters is 1. The van der Waals surface area contributed by atoms with E-state index in [0.717, 1.165) is 14.2 Å². The Balaban J connectivity index is 3.33. The van der Waals surface area contributed by atoms with Crippen molar-refractivity contribution in [3.63, 3.8) is 0 Å². The predicted molar refractivity (Wildman–Crippen MR) is 44.9 cm³/mol. The van der Waals surface area contributed by atoms with Crippen LogP contribution >= 0.6 is 0 Å². The van der Waals surface area contributed by atoms with Gasteiger partial charge in [0.1, 0.15) is 0 Å². The first-order valence-electron chi connectivity index (χ1n) is 3.97. The molecule has 1 heterocycles. The first kappa shape index (κ1) is 12.2. The molecule has 0 amide bonds. The van der Waals surface area contributed by atoms with Crippen LogP contribution in [0.2, 0.25) is 0 Å². The van der Waals surface area contributed by atoms with Crippen LogP contribution in [0.25, 0.3) is 0 Å². The number of rotatable bonds is 2. The quantitative estimate of drug-likeness (QED) is 0.724. The number of carbonyl (C=O) groups excluding carboxylic acids is 1. The number of methoxy groups -OCH3 is 2. The third-order valence-electron chi connectivity index (χ3n) is 1.66. The Morgan fingerprint density at radius 2 is 1.94 bits per heavy atom. The molecule has 0 spiro atoms. The highest BCUT2D eigenvalue weighted by molar-refractivity contribution is 5.88. The summed E-state index contributed by atoms with van der Waals surface area (Å²) in [5, 5.41) is 6.38. The number of halogens is 3. The van der Waals surface area contributed by atoms with Gasteiger partial charge in [0.25, 0.3) is 0 Å². The molecule has 1 aromatic rings. The van der Waals surface area contributed by atoms with E-state index >= 15 is 0 Å².